The van der Waals surface area contributed by atoms with E-state index in [0.717, 1.165) is 0 Å². The SMILES string of the molecule is Cc1no[n+]([O-])c1COc1ccc(/C=C(\C#N)C(N)=O)cc1. The van der Waals surface area contributed by atoms with Gasteiger partial charge >= 0.3 is 0 Å². The molecule has 0 radical (unpaired) electrons. The van der Waals surface area contributed by atoms with Crippen molar-refractivity contribution >= 4 is 12.0 Å². The molecular weight excluding hydrogens is 288 g/mol. The second kappa shape index (κ2) is 6.41. The molecule has 22 heavy (non-hydrogen) atoms. The van der Waals surface area contributed by atoms with Crippen LogP contribution in [0.4, 0.5) is 0 Å². The van der Waals surface area contributed by atoms with Gasteiger partial charge in [0.05, 0.1) is 0 Å². The summed E-state index contributed by atoms with van der Waals surface area (Å²) in [6.07, 6.45) is 1.38. The standard InChI is InChI=1S/C14H12N4O4/c1-9-13(18(20)22-17-9)8-21-12-4-2-10(3-5-12)6-11(7-15)14(16)19/h2-6H,8H2,1H3,(H2,16,19)/b11-6+. The van der Waals surface area contributed by atoms with Crippen molar-refractivity contribution in [3.8, 4) is 11.8 Å². The first-order chi connectivity index (χ1) is 10.5. The van der Waals surface area contributed by atoms with E-state index in [4.69, 9.17) is 15.7 Å². The minimum atomic E-state index is -0.786. The highest BCUT2D eigenvalue weighted by Gasteiger charge is 2.14. The van der Waals surface area contributed by atoms with Gasteiger partial charge < -0.3 is 15.7 Å². The molecule has 0 aliphatic carbocycles. The zero-order valence-electron chi connectivity index (χ0n) is 11.6. The molecule has 2 aromatic rings. The summed E-state index contributed by atoms with van der Waals surface area (Å²) in [5.41, 5.74) is 6.28. The lowest BCUT2D eigenvalue weighted by Crippen LogP contribution is -2.29. The van der Waals surface area contributed by atoms with Gasteiger partial charge in [0.25, 0.3) is 5.91 Å². The van der Waals surface area contributed by atoms with Crippen LogP contribution in [0.3, 0.4) is 0 Å². The number of hydrogen-bond acceptors (Lipinski definition) is 6. The smallest absolute Gasteiger partial charge is 0.259 e. The van der Waals surface area contributed by atoms with Crippen molar-refractivity contribution in [1.29, 1.82) is 5.26 Å². The number of benzene rings is 1. The van der Waals surface area contributed by atoms with E-state index in [9.17, 15) is 10.0 Å². The molecule has 1 heterocycles. The van der Waals surface area contributed by atoms with Crippen molar-refractivity contribution in [1.82, 2.24) is 5.16 Å². The van der Waals surface area contributed by atoms with Crippen LogP contribution >= 0.6 is 0 Å². The fraction of sp³-hybridized carbons (Fsp3) is 0.143. The van der Waals surface area contributed by atoms with Gasteiger partial charge in [-0.3, -0.25) is 9.42 Å². The van der Waals surface area contributed by atoms with Crippen molar-refractivity contribution in [3.05, 3.63) is 52.0 Å². The van der Waals surface area contributed by atoms with Crippen LogP contribution in [0.2, 0.25) is 0 Å². The molecule has 1 amide bonds. The summed E-state index contributed by atoms with van der Waals surface area (Å²) in [6, 6.07) is 8.31. The second-order valence-electron chi connectivity index (χ2n) is 4.35. The highest BCUT2D eigenvalue weighted by molar-refractivity contribution is 6.00. The van der Waals surface area contributed by atoms with E-state index in [1.54, 1.807) is 37.3 Å². The Labute approximate surface area is 125 Å². The third kappa shape index (κ3) is 3.40. The average Bonchev–Trinajstić information content (AvgIpc) is 2.82. The van der Waals surface area contributed by atoms with Crippen LogP contribution in [0.25, 0.3) is 6.08 Å². The third-order valence-electron chi connectivity index (χ3n) is 2.84. The molecule has 8 nitrogen and oxygen atoms in total. The number of aryl methyl sites for hydroxylation is 1. The molecule has 0 aliphatic rings. The molecule has 0 fully saturated rings. The van der Waals surface area contributed by atoms with Crippen LogP contribution in [0.1, 0.15) is 17.0 Å². The Bertz CT molecular complexity index is 737. The highest BCUT2D eigenvalue weighted by atomic mass is 16.8. The van der Waals surface area contributed by atoms with Crippen LogP contribution < -0.4 is 15.4 Å². The van der Waals surface area contributed by atoms with Gasteiger partial charge in [0, 0.05) is 12.1 Å². The zero-order valence-corrected chi connectivity index (χ0v) is 11.6. The molecule has 1 aromatic carbocycles. The first kappa shape index (κ1) is 15.1. The largest absolute Gasteiger partial charge is 0.485 e. The van der Waals surface area contributed by atoms with Gasteiger partial charge in [0.1, 0.15) is 17.4 Å². The lowest BCUT2D eigenvalue weighted by atomic mass is 10.1. The molecule has 1 aromatic heterocycles. The lowest BCUT2D eigenvalue weighted by Gasteiger charge is -2.04. The fourth-order valence-electron chi connectivity index (χ4n) is 1.63. The van der Waals surface area contributed by atoms with Crippen molar-refractivity contribution in [3.63, 3.8) is 0 Å². The highest BCUT2D eigenvalue weighted by Crippen LogP contribution is 2.16. The number of nitrogens with two attached hydrogens (primary N) is 1. The first-order valence-electron chi connectivity index (χ1n) is 6.21. The minimum Gasteiger partial charge on any atom is -0.485 e. The van der Waals surface area contributed by atoms with Gasteiger partial charge in [-0.15, -0.1) is 0 Å². The molecule has 0 bridgehead atoms. The predicted molar refractivity (Wildman–Crippen MR) is 73.8 cm³/mol. The summed E-state index contributed by atoms with van der Waals surface area (Å²) >= 11 is 0. The zero-order chi connectivity index (χ0) is 16.1. The normalized spacial score (nSPS) is 11.0. The number of rotatable bonds is 5. The van der Waals surface area contributed by atoms with Crippen LogP contribution in [0.15, 0.2) is 34.5 Å². The monoisotopic (exact) mass is 300 g/mol. The van der Waals surface area contributed by atoms with E-state index >= 15 is 0 Å². The van der Waals surface area contributed by atoms with E-state index < -0.39 is 5.91 Å². The van der Waals surface area contributed by atoms with Crippen molar-refractivity contribution in [2.75, 3.05) is 0 Å². The Kier molecular flexibility index (Phi) is 4.38. The maximum Gasteiger partial charge on any atom is 0.259 e. The molecule has 0 saturated heterocycles. The Morgan fingerprint density at radius 3 is 2.73 bits per heavy atom. The number of primary amides is 1. The quantitative estimate of drug-likeness (QED) is 0.488. The van der Waals surface area contributed by atoms with E-state index in [-0.39, 0.29) is 17.9 Å². The maximum absolute atomic E-state index is 11.3. The van der Waals surface area contributed by atoms with Gasteiger partial charge in [-0.1, -0.05) is 12.1 Å². The van der Waals surface area contributed by atoms with Crippen molar-refractivity contribution in [2.24, 2.45) is 5.73 Å². The Balaban J connectivity index is 2.07. The molecule has 0 spiro atoms. The lowest BCUT2D eigenvalue weighted by molar-refractivity contribution is -0.808. The molecule has 0 unspecified atom stereocenters. The van der Waals surface area contributed by atoms with Crippen LogP contribution in [-0.2, 0) is 11.4 Å². The number of nitriles is 1. The van der Waals surface area contributed by atoms with Crippen LogP contribution in [0.5, 0.6) is 5.75 Å². The number of hydrogen-bond donors (Lipinski definition) is 1. The number of amides is 1. The third-order valence-corrected chi connectivity index (χ3v) is 2.84. The Morgan fingerprint density at radius 2 is 2.23 bits per heavy atom. The molecule has 0 aliphatic heterocycles. The summed E-state index contributed by atoms with van der Waals surface area (Å²) in [4.78, 5) is 11.2. The van der Waals surface area contributed by atoms with E-state index in [0.29, 0.717) is 21.9 Å². The number of ether oxygens (including phenoxy) is 1. The van der Waals surface area contributed by atoms with Gasteiger partial charge in [-0.25, -0.2) is 0 Å². The van der Waals surface area contributed by atoms with Gasteiger partial charge in [0.2, 0.25) is 11.4 Å². The van der Waals surface area contributed by atoms with Crippen LogP contribution in [-0.4, -0.2) is 11.1 Å². The molecule has 0 atom stereocenters. The maximum atomic E-state index is 11.3. The summed E-state index contributed by atoms with van der Waals surface area (Å²) in [5, 5.41) is 23.5. The number of aromatic nitrogens is 2. The summed E-state index contributed by atoms with van der Waals surface area (Å²) in [6.45, 7) is 1.65. The van der Waals surface area contributed by atoms with Gasteiger partial charge in [0.15, 0.2) is 6.61 Å². The minimum absolute atomic E-state index is 0.0126. The van der Waals surface area contributed by atoms with Gasteiger partial charge in [-0.05, 0) is 28.7 Å². The summed E-state index contributed by atoms with van der Waals surface area (Å²) in [5.74, 6) is -0.277. The average molecular weight is 300 g/mol. The number of carbonyl (C=O) groups excluding carboxylic acids is 1. The predicted octanol–water partition coefficient (Wildman–Crippen LogP) is 0.588. The Morgan fingerprint density at radius 1 is 1.55 bits per heavy atom. The van der Waals surface area contributed by atoms with Crippen LogP contribution in [0, 0.1) is 23.5 Å². The Hall–Kier alpha value is -3.34. The van der Waals surface area contributed by atoms with Crippen molar-refractivity contribution < 1.29 is 19.1 Å². The molecule has 0 saturated carbocycles. The van der Waals surface area contributed by atoms with Gasteiger partial charge in [-0.2, -0.15) is 5.26 Å². The van der Waals surface area contributed by atoms with E-state index in [2.05, 4.69) is 9.79 Å². The first-order valence-corrected chi connectivity index (χ1v) is 6.21. The fourth-order valence-corrected chi connectivity index (χ4v) is 1.63. The molecule has 2 N–H and O–H groups in total. The van der Waals surface area contributed by atoms with E-state index in [1.807, 2.05) is 0 Å². The van der Waals surface area contributed by atoms with E-state index in [1.165, 1.54) is 6.08 Å². The molecular formula is C14H12N4O4. The second-order valence-corrected chi connectivity index (χ2v) is 4.35. The number of carbonyl (C=O) groups is 1. The topological polar surface area (TPSA) is 129 Å². The van der Waals surface area contributed by atoms with Crippen molar-refractivity contribution in [2.45, 2.75) is 13.5 Å². The number of nitrogens with zero attached hydrogens (tertiary/aromatic N) is 3. The molecule has 8 heteroatoms. The summed E-state index contributed by atoms with van der Waals surface area (Å²) in [7, 11) is 0. The molecule has 112 valence electrons. The molecule has 2 rings (SSSR count). The summed E-state index contributed by atoms with van der Waals surface area (Å²) < 4.78 is 9.88.